The van der Waals surface area contributed by atoms with Gasteiger partial charge in [0.2, 0.25) is 12.7 Å². The third-order valence-corrected chi connectivity index (χ3v) is 5.01. The van der Waals surface area contributed by atoms with Crippen LogP contribution in [0.2, 0.25) is 5.02 Å². The van der Waals surface area contributed by atoms with Crippen molar-refractivity contribution >= 4 is 22.6 Å². The van der Waals surface area contributed by atoms with E-state index in [4.69, 9.17) is 11.6 Å². The third kappa shape index (κ3) is 3.85. The monoisotopic (exact) mass is 435 g/mol. The van der Waals surface area contributed by atoms with E-state index < -0.39 is 11.6 Å². The van der Waals surface area contributed by atoms with Gasteiger partial charge in [-0.3, -0.25) is 0 Å². The van der Waals surface area contributed by atoms with Crippen LogP contribution in [0.25, 0.3) is 33.7 Å². The van der Waals surface area contributed by atoms with Crippen LogP contribution in [0.1, 0.15) is 5.69 Å². The lowest BCUT2D eigenvalue weighted by atomic mass is 10.1. The number of H-pyrrole nitrogens is 1. The van der Waals surface area contributed by atoms with Gasteiger partial charge in [-0.15, -0.1) is 5.10 Å². The Balaban J connectivity index is 1.39. The average Bonchev–Trinajstić information content (AvgIpc) is 3.20. The minimum absolute atomic E-state index is 0.0615. The van der Waals surface area contributed by atoms with Gasteiger partial charge < -0.3 is 4.98 Å². The molecule has 0 amide bonds. The number of hydrogen-bond donors (Lipinski definition) is 1. The summed E-state index contributed by atoms with van der Waals surface area (Å²) in [7, 11) is 0. The Morgan fingerprint density at radius 3 is 2.58 bits per heavy atom. The number of imidazole rings is 1. The van der Waals surface area contributed by atoms with E-state index in [1.165, 1.54) is 12.1 Å². The van der Waals surface area contributed by atoms with E-state index in [0.29, 0.717) is 28.3 Å². The van der Waals surface area contributed by atoms with Crippen molar-refractivity contribution in [2.24, 2.45) is 0 Å². The number of hydrogen-bond acceptors (Lipinski definition) is 4. The van der Waals surface area contributed by atoms with Crippen molar-refractivity contribution in [1.29, 1.82) is 0 Å². The number of halogens is 3. The summed E-state index contributed by atoms with van der Waals surface area (Å²) in [6, 6.07) is 15.1. The molecule has 5 rings (SSSR count). The number of aromatic nitrogens is 6. The van der Waals surface area contributed by atoms with Gasteiger partial charge >= 0.3 is 0 Å². The molecule has 0 aliphatic carbocycles. The lowest BCUT2D eigenvalue weighted by Crippen LogP contribution is -2.38. The van der Waals surface area contributed by atoms with Crippen LogP contribution in [-0.4, -0.2) is 25.3 Å². The van der Waals surface area contributed by atoms with Gasteiger partial charge in [0.1, 0.15) is 28.7 Å². The van der Waals surface area contributed by atoms with Crippen molar-refractivity contribution in [1.82, 2.24) is 25.3 Å². The molecule has 3 heterocycles. The second-order valence-electron chi connectivity index (χ2n) is 6.87. The molecule has 0 aliphatic heterocycles. The Morgan fingerprint density at radius 2 is 1.81 bits per heavy atom. The van der Waals surface area contributed by atoms with Crippen LogP contribution in [0.3, 0.4) is 0 Å². The van der Waals surface area contributed by atoms with Crippen LogP contribution >= 0.6 is 11.6 Å². The fourth-order valence-electron chi connectivity index (χ4n) is 3.19. The zero-order valence-electron chi connectivity index (χ0n) is 15.9. The van der Waals surface area contributed by atoms with Crippen LogP contribution in [0.4, 0.5) is 8.78 Å². The summed E-state index contributed by atoms with van der Waals surface area (Å²) in [6.07, 6.45) is 3.29. The summed E-state index contributed by atoms with van der Waals surface area (Å²) >= 11 is 5.92. The Morgan fingerprint density at radius 1 is 0.968 bits per heavy atom. The molecule has 0 bridgehead atoms. The highest BCUT2D eigenvalue weighted by atomic mass is 35.5. The highest BCUT2D eigenvalue weighted by Crippen LogP contribution is 2.24. The molecule has 0 fully saturated rings. The molecule has 0 aliphatic rings. The van der Waals surface area contributed by atoms with Crippen molar-refractivity contribution in [2.75, 3.05) is 0 Å². The van der Waals surface area contributed by atoms with E-state index in [-0.39, 0.29) is 11.4 Å². The minimum Gasteiger partial charge on any atom is -0.333 e. The molecule has 0 saturated heterocycles. The second kappa shape index (κ2) is 7.81. The topological polar surface area (TPSA) is 71.2 Å². The maximum atomic E-state index is 14.1. The van der Waals surface area contributed by atoms with Gasteiger partial charge in [0.15, 0.2) is 11.6 Å². The zero-order valence-corrected chi connectivity index (χ0v) is 16.7. The Bertz CT molecular complexity index is 1380. The SMILES string of the molecule is Fc1cccc(-c2nc3cn[n+](Cc4ccc(-c5ccc(Cl)cc5)nn4)cc3[nH]2)c1F. The quantitative estimate of drug-likeness (QED) is 0.426. The van der Waals surface area contributed by atoms with Gasteiger partial charge in [-0.1, -0.05) is 34.5 Å². The van der Waals surface area contributed by atoms with Crippen LogP contribution in [-0.2, 0) is 6.54 Å². The lowest BCUT2D eigenvalue weighted by molar-refractivity contribution is -0.745. The first-order chi connectivity index (χ1) is 15.1. The minimum atomic E-state index is -0.946. The van der Waals surface area contributed by atoms with E-state index >= 15 is 0 Å². The molecule has 31 heavy (non-hydrogen) atoms. The Labute approximate surface area is 180 Å². The second-order valence-corrected chi connectivity index (χ2v) is 7.31. The number of nitrogens with one attached hydrogen (secondary N) is 1. The van der Waals surface area contributed by atoms with Crippen LogP contribution in [0.15, 0.2) is 67.0 Å². The third-order valence-electron chi connectivity index (χ3n) is 4.76. The fourth-order valence-corrected chi connectivity index (χ4v) is 3.32. The van der Waals surface area contributed by atoms with E-state index in [1.807, 2.05) is 24.3 Å². The molecule has 0 spiro atoms. The molecule has 0 atom stereocenters. The summed E-state index contributed by atoms with van der Waals surface area (Å²) in [5.41, 5.74) is 3.62. The molecule has 1 N–H and O–H groups in total. The van der Waals surface area contributed by atoms with Crippen molar-refractivity contribution in [3.63, 3.8) is 0 Å². The molecule has 0 saturated carbocycles. The van der Waals surface area contributed by atoms with E-state index in [2.05, 4.69) is 25.3 Å². The van der Waals surface area contributed by atoms with E-state index in [0.717, 1.165) is 17.3 Å². The first kappa shape index (κ1) is 19.2. The van der Waals surface area contributed by atoms with Crippen LogP contribution in [0.5, 0.6) is 0 Å². The number of fused-ring (bicyclic) bond motifs is 1. The fraction of sp³-hybridized carbons (Fsp3) is 0.0455. The number of nitrogens with zero attached hydrogens (tertiary/aromatic N) is 5. The molecule has 5 aromatic rings. The summed E-state index contributed by atoms with van der Waals surface area (Å²) in [5, 5.41) is 13.5. The van der Waals surface area contributed by atoms with Gasteiger partial charge in [0.25, 0.3) is 0 Å². The highest BCUT2D eigenvalue weighted by molar-refractivity contribution is 6.30. The molecule has 2 aromatic carbocycles. The normalized spacial score (nSPS) is 11.2. The molecule has 9 heteroatoms. The lowest BCUT2D eigenvalue weighted by Gasteiger charge is -2.01. The summed E-state index contributed by atoms with van der Waals surface area (Å²) < 4.78 is 29.3. The van der Waals surface area contributed by atoms with Crippen molar-refractivity contribution < 1.29 is 13.5 Å². The molecular formula is C22H14ClF2N6+. The maximum absolute atomic E-state index is 14.1. The molecule has 0 radical (unpaired) electrons. The summed E-state index contributed by atoms with van der Waals surface area (Å²) in [4.78, 5) is 7.32. The van der Waals surface area contributed by atoms with Gasteiger partial charge in [0.05, 0.1) is 11.3 Å². The number of rotatable bonds is 4. The van der Waals surface area contributed by atoms with Gasteiger partial charge in [-0.25, -0.2) is 13.8 Å². The first-order valence-corrected chi connectivity index (χ1v) is 9.73. The van der Waals surface area contributed by atoms with E-state index in [1.54, 1.807) is 29.2 Å². The Hall–Kier alpha value is -3.78. The van der Waals surface area contributed by atoms with Crippen molar-refractivity contribution in [3.8, 4) is 22.6 Å². The van der Waals surface area contributed by atoms with Crippen molar-refractivity contribution in [2.45, 2.75) is 6.54 Å². The smallest absolute Gasteiger partial charge is 0.222 e. The predicted octanol–water partition coefficient (Wildman–Crippen LogP) is 4.35. The van der Waals surface area contributed by atoms with E-state index in [9.17, 15) is 8.78 Å². The molecule has 3 aromatic heterocycles. The zero-order chi connectivity index (χ0) is 21.4. The highest BCUT2D eigenvalue weighted by Gasteiger charge is 2.16. The van der Waals surface area contributed by atoms with Gasteiger partial charge in [0, 0.05) is 10.6 Å². The van der Waals surface area contributed by atoms with Crippen molar-refractivity contribution in [3.05, 3.63) is 89.3 Å². The number of aromatic amines is 1. The summed E-state index contributed by atoms with van der Waals surface area (Å²) in [5.74, 6) is -1.64. The predicted molar refractivity (Wildman–Crippen MR) is 111 cm³/mol. The van der Waals surface area contributed by atoms with Crippen LogP contribution in [0, 0.1) is 11.6 Å². The number of benzene rings is 2. The first-order valence-electron chi connectivity index (χ1n) is 9.35. The largest absolute Gasteiger partial charge is 0.333 e. The van der Waals surface area contributed by atoms with Crippen LogP contribution < -0.4 is 4.68 Å². The molecule has 0 unspecified atom stereocenters. The Kier molecular flexibility index (Phi) is 4.83. The summed E-state index contributed by atoms with van der Waals surface area (Å²) in [6.45, 7) is 0.381. The standard InChI is InChI=1S/C22H13ClF2N6/c23-14-6-4-13(5-7-14)18-9-8-15(29-30-18)11-31-12-20-19(10-26-31)27-22(28-20)16-2-1-3-17(24)21(16)25/h1-10,12H,11H2/p+1. The molecule has 152 valence electrons. The molecular weight excluding hydrogens is 422 g/mol. The van der Waals surface area contributed by atoms with Gasteiger partial charge in [-0.2, -0.15) is 5.10 Å². The average molecular weight is 436 g/mol. The molecule has 6 nitrogen and oxygen atoms in total. The van der Waals surface area contributed by atoms with Gasteiger partial charge in [-0.05, 0) is 41.5 Å². The maximum Gasteiger partial charge on any atom is 0.222 e.